The number of rotatable bonds is 2. The number of hydrogen-bond acceptors (Lipinski definition) is 4. The van der Waals surface area contributed by atoms with Crippen LogP contribution in [0.15, 0.2) is 24.3 Å². The van der Waals surface area contributed by atoms with Gasteiger partial charge in [-0.2, -0.15) is 0 Å². The van der Waals surface area contributed by atoms with Crippen molar-refractivity contribution in [3.8, 4) is 5.75 Å². The molecule has 0 aliphatic rings. The van der Waals surface area contributed by atoms with Crippen molar-refractivity contribution in [1.29, 1.82) is 0 Å². The van der Waals surface area contributed by atoms with Crippen LogP contribution in [-0.4, -0.2) is 11.3 Å². The van der Waals surface area contributed by atoms with Crippen LogP contribution in [0, 0.1) is 0 Å². The van der Waals surface area contributed by atoms with Crippen LogP contribution in [-0.2, 0) is 0 Å². The molecule has 0 aliphatic carbocycles. The molecular formula is C8H9NOS2. The van der Waals surface area contributed by atoms with Crippen molar-refractivity contribution < 1.29 is 4.74 Å². The van der Waals surface area contributed by atoms with Crippen molar-refractivity contribution >= 4 is 28.4 Å². The Morgan fingerprint density at radius 2 is 2.00 bits per heavy atom. The largest absolute Gasteiger partial charge is 0.497 e. The average Bonchev–Trinajstić information content (AvgIpc) is 2.17. The number of methoxy groups -OCH3 is 1. The molecular weight excluding hydrogens is 190 g/mol. The van der Waals surface area contributed by atoms with E-state index in [0.29, 0.717) is 4.20 Å². The highest BCUT2D eigenvalue weighted by atomic mass is 32.2. The Labute approximate surface area is 81.2 Å². The molecule has 0 saturated heterocycles. The summed E-state index contributed by atoms with van der Waals surface area (Å²) in [6, 6.07) is 7.50. The minimum Gasteiger partial charge on any atom is -0.497 e. The molecule has 64 valence electrons. The lowest BCUT2D eigenvalue weighted by atomic mass is 10.2. The van der Waals surface area contributed by atoms with Gasteiger partial charge < -0.3 is 4.74 Å². The zero-order valence-electron chi connectivity index (χ0n) is 6.61. The maximum atomic E-state index is 5.32. The van der Waals surface area contributed by atoms with Crippen molar-refractivity contribution in [3.05, 3.63) is 29.8 Å². The summed E-state index contributed by atoms with van der Waals surface area (Å²) in [6.45, 7) is 0. The van der Waals surface area contributed by atoms with Gasteiger partial charge >= 0.3 is 0 Å². The van der Waals surface area contributed by atoms with Crippen LogP contribution >= 0.6 is 24.2 Å². The fraction of sp³-hybridized carbons (Fsp3) is 0.125. The van der Waals surface area contributed by atoms with Crippen LogP contribution in [0.5, 0.6) is 5.75 Å². The Bertz CT molecular complexity index is 271. The summed E-state index contributed by atoms with van der Waals surface area (Å²) in [7, 11) is 1.63. The molecule has 0 spiro atoms. The Kier molecular flexibility index (Phi) is 3.52. The molecule has 0 heterocycles. The minimum absolute atomic E-state index is 0.692. The summed E-state index contributed by atoms with van der Waals surface area (Å²) < 4.78 is 5.69. The fourth-order valence-corrected chi connectivity index (χ4v) is 1.20. The zero-order chi connectivity index (χ0) is 8.97. The Morgan fingerprint density at radius 1 is 1.42 bits per heavy atom. The minimum atomic E-state index is 0.692. The van der Waals surface area contributed by atoms with Crippen LogP contribution in [0.3, 0.4) is 0 Å². The van der Waals surface area contributed by atoms with Gasteiger partial charge in [0.2, 0.25) is 0 Å². The average molecular weight is 199 g/mol. The molecule has 1 rings (SSSR count). The quantitative estimate of drug-likeness (QED) is 0.583. The molecule has 0 bridgehead atoms. The van der Waals surface area contributed by atoms with Gasteiger partial charge in [-0.05, 0) is 36.2 Å². The Balaban J connectivity index is 2.84. The van der Waals surface area contributed by atoms with Gasteiger partial charge in [0.15, 0.2) is 0 Å². The molecule has 0 saturated carbocycles. The normalized spacial score (nSPS) is 9.50. The molecule has 12 heavy (non-hydrogen) atoms. The maximum Gasteiger partial charge on any atom is 0.118 e. The third kappa shape index (κ3) is 2.20. The van der Waals surface area contributed by atoms with E-state index in [2.05, 4.69) is 0 Å². The van der Waals surface area contributed by atoms with Crippen LogP contribution in [0.25, 0.3) is 0 Å². The molecule has 0 atom stereocenters. The second-order valence-corrected chi connectivity index (χ2v) is 3.44. The van der Waals surface area contributed by atoms with Crippen LogP contribution in [0.2, 0.25) is 0 Å². The number of hydrogen-bond donors (Lipinski definition) is 1. The summed E-state index contributed by atoms with van der Waals surface area (Å²) in [6.07, 6.45) is 0. The molecule has 0 radical (unpaired) electrons. The molecule has 0 fully saturated rings. The first-order chi connectivity index (χ1) is 5.77. The third-order valence-electron chi connectivity index (χ3n) is 1.43. The van der Waals surface area contributed by atoms with E-state index in [1.54, 1.807) is 7.11 Å². The van der Waals surface area contributed by atoms with Gasteiger partial charge in [-0.3, -0.25) is 5.14 Å². The predicted octanol–water partition coefficient (Wildman–Crippen LogP) is 1.98. The zero-order valence-corrected chi connectivity index (χ0v) is 8.24. The Morgan fingerprint density at radius 3 is 2.42 bits per heavy atom. The van der Waals surface area contributed by atoms with E-state index in [1.165, 1.54) is 0 Å². The summed E-state index contributed by atoms with van der Waals surface area (Å²) in [5.74, 6) is 0.823. The van der Waals surface area contributed by atoms with E-state index in [-0.39, 0.29) is 0 Å². The number of nitrogens with two attached hydrogens (primary N) is 1. The van der Waals surface area contributed by atoms with E-state index in [1.807, 2.05) is 24.3 Å². The van der Waals surface area contributed by atoms with E-state index in [0.717, 1.165) is 23.3 Å². The first-order valence-electron chi connectivity index (χ1n) is 3.33. The van der Waals surface area contributed by atoms with Crippen LogP contribution in [0.1, 0.15) is 5.56 Å². The van der Waals surface area contributed by atoms with Gasteiger partial charge in [-0.15, -0.1) is 0 Å². The lowest BCUT2D eigenvalue weighted by molar-refractivity contribution is 0.415. The van der Waals surface area contributed by atoms with Crippen molar-refractivity contribution in [2.45, 2.75) is 0 Å². The van der Waals surface area contributed by atoms with Gasteiger partial charge in [0.1, 0.15) is 5.75 Å². The predicted molar refractivity (Wildman–Crippen MR) is 56.5 cm³/mol. The van der Waals surface area contributed by atoms with E-state index < -0.39 is 0 Å². The van der Waals surface area contributed by atoms with Crippen molar-refractivity contribution in [3.63, 3.8) is 0 Å². The highest BCUT2D eigenvalue weighted by Crippen LogP contribution is 2.14. The summed E-state index contributed by atoms with van der Waals surface area (Å²) >= 11 is 6.08. The van der Waals surface area contributed by atoms with Crippen molar-refractivity contribution in [2.24, 2.45) is 5.14 Å². The standard InChI is InChI=1S/C8H9NOS2/c1-10-7-4-2-6(3-5-7)8(11)12-9/h2-5H,9H2,1H3. The second-order valence-electron chi connectivity index (χ2n) is 2.13. The highest BCUT2D eigenvalue weighted by Gasteiger charge is 1.98. The van der Waals surface area contributed by atoms with Crippen molar-refractivity contribution in [1.82, 2.24) is 0 Å². The molecule has 0 aromatic heterocycles. The van der Waals surface area contributed by atoms with Gasteiger partial charge in [0, 0.05) is 5.56 Å². The molecule has 0 aliphatic heterocycles. The fourth-order valence-electron chi connectivity index (χ4n) is 0.795. The van der Waals surface area contributed by atoms with Crippen LogP contribution < -0.4 is 9.88 Å². The second kappa shape index (κ2) is 4.45. The lowest BCUT2D eigenvalue weighted by Crippen LogP contribution is -1.95. The van der Waals surface area contributed by atoms with Crippen LogP contribution in [0.4, 0.5) is 0 Å². The van der Waals surface area contributed by atoms with Gasteiger partial charge in [-0.25, -0.2) is 0 Å². The highest BCUT2D eigenvalue weighted by molar-refractivity contribution is 8.22. The van der Waals surface area contributed by atoms with Crippen molar-refractivity contribution in [2.75, 3.05) is 7.11 Å². The Hall–Kier alpha value is -0.580. The first kappa shape index (κ1) is 9.51. The molecule has 0 unspecified atom stereocenters. The van der Waals surface area contributed by atoms with E-state index >= 15 is 0 Å². The first-order valence-corrected chi connectivity index (χ1v) is 4.62. The number of benzene rings is 1. The smallest absolute Gasteiger partial charge is 0.118 e. The van der Waals surface area contributed by atoms with Gasteiger partial charge in [0.05, 0.1) is 11.3 Å². The number of ether oxygens (including phenoxy) is 1. The van der Waals surface area contributed by atoms with E-state index in [9.17, 15) is 0 Å². The summed E-state index contributed by atoms with van der Waals surface area (Å²) in [5, 5.41) is 5.32. The van der Waals surface area contributed by atoms with Gasteiger partial charge in [0.25, 0.3) is 0 Å². The number of thiocarbonyl (C=S) groups is 1. The summed E-state index contributed by atoms with van der Waals surface area (Å²) in [5.41, 5.74) is 0.957. The molecule has 1 aromatic rings. The summed E-state index contributed by atoms with van der Waals surface area (Å²) in [4.78, 5) is 0. The molecule has 2 nitrogen and oxygen atoms in total. The van der Waals surface area contributed by atoms with E-state index in [4.69, 9.17) is 22.1 Å². The maximum absolute atomic E-state index is 5.32. The van der Waals surface area contributed by atoms with Gasteiger partial charge in [-0.1, -0.05) is 12.2 Å². The topological polar surface area (TPSA) is 35.2 Å². The third-order valence-corrected chi connectivity index (χ3v) is 2.41. The SMILES string of the molecule is COc1ccc(C(=S)SN)cc1. The monoisotopic (exact) mass is 199 g/mol. The molecule has 2 N–H and O–H groups in total. The molecule has 1 aromatic carbocycles. The lowest BCUT2D eigenvalue weighted by Gasteiger charge is -2.01. The molecule has 4 heteroatoms. The molecule has 0 amide bonds.